The van der Waals surface area contributed by atoms with Crippen molar-refractivity contribution in [1.82, 2.24) is 4.90 Å². The van der Waals surface area contributed by atoms with Gasteiger partial charge in [0.15, 0.2) is 0 Å². The lowest BCUT2D eigenvalue weighted by Gasteiger charge is -2.19. The number of likely N-dealkylation sites (N-methyl/N-ethyl adjacent to an activating group) is 1. The number of benzene rings is 1. The van der Waals surface area contributed by atoms with Gasteiger partial charge in [0.2, 0.25) is 5.91 Å². The van der Waals surface area contributed by atoms with Gasteiger partial charge in [-0.15, -0.1) is 0 Å². The highest BCUT2D eigenvalue weighted by Gasteiger charge is 2.09. The Kier molecular flexibility index (Phi) is 5.98. The zero-order chi connectivity index (χ0) is 12.8. The van der Waals surface area contributed by atoms with Crippen LogP contribution in [0.1, 0.15) is 13.8 Å². The minimum absolute atomic E-state index is 0.116. The molecule has 1 rings (SSSR count). The zero-order valence-corrected chi connectivity index (χ0v) is 13.1. The van der Waals surface area contributed by atoms with Gasteiger partial charge < -0.3 is 10.2 Å². The van der Waals surface area contributed by atoms with Crippen LogP contribution in [-0.2, 0) is 4.79 Å². The monoisotopic (exact) mass is 362 g/mol. The van der Waals surface area contributed by atoms with Gasteiger partial charge in [-0.2, -0.15) is 0 Å². The molecule has 0 saturated carbocycles. The van der Waals surface area contributed by atoms with Crippen LogP contribution in [0.3, 0.4) is 0 Å². The molecule has 0 unspecified atom stereocenters. The summed E-state index contributed by atoms with van der Waals surface area (Å²) in [6.07, 6.45) is 0. The Balaban J connectivity index is 2.58. The molecule has 0 atom stereocenters. The highest BCUT2D eigenvalue weighted by atomic mass is 79.9. The van der Waals surface area contributed by atoms with E-state index in [2.05, 4.69) is 37.2 Å². The minimum atomic E-state index is 0.116. The molecule has 0 fully saturated rings. The first-order valence-electron chi connectivity index (χ1n) is 5.55. The third-order valence-corrected chi connectivity index (χ3v) is 3.63. The summed E-state index contributed by atoms with van der Waals surface area (Å²) in [7, 11) is 0. The standard InChI is InChI=1S/C12H16Br2N2O/c1-3-16(4-2)12(17)8-15-11-6-5-9(13)7-10(11)14/h5-7,15H,3-4,8H2,1-2H3. The zero-order valence-electron chi connectivity index (χ0n) is 9.96. The molecular weight excluding hydrogens is 348 g/mol. The van der Waals surface area contributed by atoms with E-state index in [0.29, 0.717) is 6.54 Å². The second-order valence-corrected chi connectivity index (χ2v) is 5.31. The van der Waals surface area contributed by atoms with Gasteiger partial charge in [0.1, 0.15) is 0 Å². The molecule has 1 aromatic carbocycles. The first-order valence-corrected chi connectivity index (χ1v) is 7.13. The third kappa shape index (κ3) is 4.32. The van der Waals surface area contributed by atoms with Crippen molar-refractivity contribution in [3.8, 4) is 0 Å². The maximum atomic E-state index is 11.8. The summed E-state index contributed by atoms with van der Waals surface area (Å²) in [5.41, 5.74) is 0.925. The Bertz CT molecular complexity index is 392. The van der Waals surface area contributed by atoms with Gasteiger partial charge in [0, 0.05) is 27.7 Å². The van der Waals surface area contributed by atoms with E-state index in [1.165, 1.54) is 0 Å². The van der Waals surface area contributed by atoms with Gasteiger partial charge in [-0.05, 0) is 48.0 Å². The van der Waals surface area contributed by atoms with E-state index in [-0.39, 0.29) is 5.91 Å². The van der Waals surface area contributed by atoms with Gasteiger partial charge in [0.25, 0.3) is 0 Å². The summed E-state index contributed by atoms with van der Waals surface area (Å²) in [6, 6.07) is 5.82. The third-order valence-electron chi connectivity index (χ3n) is 2.48. The number of nitrogens with one attached hydrogen (secondary N) is 1. The second-order valence-electron chi connectivity index (χ2n) is 3.54. The van der Waals surface area contributed by atoms with Crippen molar-refractivity contribution < 1.29 is 4.79 Å². The Morgan fingerprint density at radius 2 is 1.94 bits per heavy atom. The summed E-state index contributed by atoms with van der Waals surface area (Å²) < 4.78 is 1.95. The number of nitrogens with zero attached hydrogens (tertiary/aromatic N) is 1. The number of rotatable bonds is 5. The quantitative estimate of drug-likeness (QED) is 0.868. The Morgan fingerprint density at radius 3 is 2.47 bits per heavy atom. The maximum Gasteiger partial charge on any atom is 0.241 e. The Hall–Kier alpha value is -0.550. The second kappa shape index (κ2) is 7.01. The van der Waals surface area contributed by atoms with Crippen LogP contribution in [0.4, 0.5) is 5.69 Å². The van der Waals surface area contributed by atoms with Gasteiger partial charge in [-0.25, -0.2) is 0 Å². The molecule has 0 aliphatic carbocycles. The lowest BCUT2D eigenvalue weighted by molar-refractivity contribution is -0.128. The van der Waals surface area contributed by atoms with Gasteiger partial charge in [-0.3, -0.25) is 4.79 Å². The van der Waals surface area contributed by atoms with Crippen molar-refractivity contribution in [2.75, 3.05) is 25.0 Å². The van der Waals surface area contributed by atoms with E-state index in [1.54, 1.807) is 4.90 Å². The Labute approximate surface area is 119 Å². The number of carbonyl (C=O) groups is 1. The van der Waals surface area contributed by atoms with E-state index in [9.17, 15) is 4.79 Å². The highest BCUT2D eigenvalue weighted by Crippen LogP contribution is 2.25. The molecule has 94 valence electrons. The maximum absolute atomic E-state index is 11.8. The van der Waals surface area contributed by atoms with E-state index in [1.807, 2.05) is 32.0 Å². The fourth-order valence-electron chi connectivity index (χ4n) is 1.49. The van der Waals surface area contributed by atoms with Crippen LogP contribution in [0.5, 0.6) is 0 Å². The fraction of sp³-hybridized carbons (Fsp3) is 0.417. The molecule has 0 radical (unpaired) electrons. The van der Waals surface area contributed by atoms with Crippen LogP contribution in [0.25, 0.3) is 0 Å². The normalized spacial score (nSPS) is 10.1. The lowest BCUT2D eigenvalue weighted by Crippen LogP contribution is -2.35. The molecule has 0 aromatic heterocycles. The van der Waals surface area contributed by atoms with Gasteiger partial charge >= 0.3 is 0 Å². The summed E-state index contributed by atoms with van der Waals surface area (Å²) in [5.74, 6) is 0.116. The SMILES string of the molecule is CCN(CC)C(=O)CNc1ccc(Br)cc1Br. The number of amides is 1. The van der Waals surface area contributed by atoms with Crippen molar-refractivity contribution in [1.29, 1.82) is 0 Å². The number of halogens is 2. The molecule has 0 aliphatic heterocycles. The van der Waals surface area contributed by atoms with Crippen molar-refractivity contribution in [2.45, 2.75) is 13.8 Å². The van der Waals surface area contributed by atoms with E-state index in [0.717, 1.165) is 27.7 Å². The van der Waals surface area contributed by atoms with E-state index < -0.39 is 0 Å². The van der Waals surface area contributed by atoms with Crippen LogP contribution < -0.4 is 5.32 Å². The Morgan fingerprint density at radius 1 is 1.29 bits per heavy atom. The van der Waals surface area contributed by atoms with Crippen molar-refractivity contribution in [3.05, 3.63) is 27.1 Å². The molecular formula is C12H16Br2N2O. The van der Waals surface area contributed by atoms with Crippen LogP contribution >= 0.6 is 31.9 Å². The molecule has 0 saturated heterocycles. The average Bonchev–Trinajstić information content (AvgIpc) is 2.29. The molecule has 0 heterocycles. The van der Waals surface area contributed by atoms with Crippen LogP contribution in [-0.4, -0.2) is 30.4 Å². The first-order chi connectivity index (χ1) is 8.08. The average molecular weight is 364 g/mol. The summed E-state index contributed by atoms with van der Waals surface area (Å²) in [6.45, 7) is 5.78. The smallest absolute Gasteiger partial charge is 0.241 e. The van der Waals surface area contributed by atoms with Gasteiger partial charge in [0.05, 0.1) is 6.54 Å². The van der Waals surface area contributed by atoms with E-state index >= 15 is 0 Å². The number of anilines is 1. The number of hydrogen-bond donors (Lipinski definition) is 1. The predicted octanol–water partition coefficient (Wildman–Crippen LogP) is 3.49. The predicted molar refractivity (Wildman–Crippen MR) is 78.3 cm³/mol. The molecule has 1 amide bonds. The molecule has 1 aromatic rings. The highest BCUT2D eigenvalue weighted by molar-refractivity contribution is 9.11. The molecule has 1 N–H and O–H groups in total. The molecule has 0 bridgehead atoms. The largest absolute Gasteiger partial charge is 0.375 e. The minimum Gasteiger partial charge on any atom is -0.375 e. The first kappa shape index (κ1) is 14.5. The molecule has 17 heavy (non-hydrogen) atoms. The number of carbonyl (C=O) groups excluding carboxylic acids is 1. The van der Waals surface area contributed by atoms with E-state index in [4.69, 9.17) is 0 Å². The van der Waals surface area contributed by atoms with Crippen molar-refractivity contribution >= 4 is 43.5 Å². The molecule has 5 heteroatoms. The van der Waals surface area contributed by atoms with Crippen molar-refractivity contribution in [3.63, 3.8) is 0 Å². The lowest BCUT2D eigenvalue weighted by atomic mass is 10.3. The topological polar surface area (TPSA) is 32.3 Å². The molecule has 0 spiro atoms. The molecule has 0 aliphatic rings. The van der Waals surface area contributed by atoms with Crippen LogP contribution in [0.2, 0.25) is 0 Å². The van der Waals surface area contributed by atoms with Gasteiger partial charge in [-0.1, -0.05) is 15.9 Å². The van der Waals surface area contributed by atoms with Crippen LogP contribution in [0, 0.1) is 0 Å². The summed E-state index contributed by atoms with van der Waals surface area (Å²) in [5, 5.41) is 3.13. The molecule has 3 nitrogen and oxygen atoms in total. The fourth-order valence-corrected chi connectivity index (χ4v) is 2.68. The summed E-state index contributed by atoms with van der Waals surface area (Å²) in [4.78, 5) is 13.6. The summed E-state index contributed by atoms with van der Waals surface area (Å²) >= 11 is 6.84. The number of hydrogen-bond acceptors (Lipinski definition) is 2. The van der Waals surface area contributed by atoms with Crippen LogP contribution in [0.15, 0.2) is 27.1 Å². The van der Waals surface area contributed by atoms with Crippen molar-refractivity contribution in [2.24, 2.45) is 0 Å².